The maximum Gasteiger partial charge on any atom is 0.232 e. The lowest BCUT2D eigenvalue weighted by Crippen LogP contribution is -2.29. The lowest BCUT2D eigenvalue weighted by molar-refractivity contribution is -0.127. The summed E-state index contributed by atoms with van der Waals surface area (Å²) in [5.74, 6) is 0.647. The molecule has 4 heteroatoms. The summed E-state index contributed by atoms with van der Waals surface area (Å²) in [6.07, 6.45) is 2.75. The van der Waals surface area contributed by atoms with Gasteiger partial charge in [0.25, 0.3) is 0 Å². The van der Waals surface area contributed by atoms with E-state index in [0.29, 0.717) is 5.75 Å². The van der Waals surface area contributed by atoms with Gasteiger partial charge in [-0.1, -0.05) is 17.7 Å². The molecule has 1 aromatic carbocycles. The molecular formula is C15H23NO2S. The zero-order valence-corrected chi connectivity index (χ0v) is 12.6. The highest BCUT2D eigenvalue weighted by molar-refractivity contribution is 8.00. The molecular weight excluding hydrogens is 258 g/mol. The number of carbonyl (C=O) groups is 1. The summed E-state index contributed by atoms with van der Waals surface area (Å²) in [6, 6.07) is 8.22. The van der Waals surface area contributed by atoms with Crippen LogP contribution in [0.15, 0.2) is 29.2 Å². The fourth-order valence-corrected chi connectivity index (χ4v) is 2.49. The summed E-state index contributed by atoms with van der Waals surface area (Å²) >= 11 is 1.58. The Labute approximate surface area is 120 Å². The van der Waals surface area contributed by atoms with Crippen molar-refractivity contribution in [1.82, 2.24) is 4.90 Å². The molecule has 0 unspecified atom stereocenters. The third-order valence-corrected chi connectivity index (χ3v) is 3.96. The Kier molecular flexibility index (Phi) is 7.60. The third kappa shape index (κ3) is 6.64. The molecule has 0 atom stereocenters. The van der Waals surface area contributed by atoms with Crippen molar-refractivity contribution in [2.24, 2.45) is 0 Å². The van der Waals surface area contributed by atoms with Crippen LogP contribution in [0.3, 0.4) is 0 Å². The van der Waals surface area contributed by atoms with E-state index < -0.39 is 0 Å². The van der Waals surface area contributed by atoms with Gasteiger partial charge in [0, 0.05) is 25.1 Å². The number of nitrogens with zero attached hydrogens (tertiary/aromatic N) is 1. The quantitative estimate of drug-likeness (QED) is 0.588. The van der Waals surface area contributed by atoms with Crippen LogP contribution in [-0.4, -0.2) is 41.9 Å². The Hall–Kier alpha value is -1.00. The highest BCUT2D eigenvalue weighted by Crippen LogP contribution is 2.18. The first kappa shape index (κ1) is 16.1. The molecule has 1 amide bonds. The van der Waals surface area contributed by atoms with Crippen LogP contribution >= 0.6 is 11.8 Å². The topological polar surface area (TPSA) is 40.5 Å². The fourth-order valence-electron chi connectivity index (χ4n) is 1.65. The number of aryl methyl sites for hydroxylation is 1. The molecule has 0 saturated carbocycles. The number of hydrogen-bond acceptors (Lipinski definition) is 3. The van der Waals surface area contributed by atoms with Gasteiger partial charge in [-0.15, -0.1) is 11.8 Å². The summed E-state index contributed by atoms with van der Waals surface area (Å²) in [6.45, 7) is 3.06. The normalized spacial score (nSPS) is 10.5. The average Bonchev–Trinajstić information content (AvgIpc) is 2.42. The van der Waals surface area contributed by atoms with Crippen molar-refractivity contribution >= 4 is 17.7 Å². The summed E-state index contributed by atoms with van der Waals surface area (Å²) in [7, 11) is 1.84. The number of rotatable bonds is 8. The van der Waals surface area contributed by atoms with Crippen LogP contribution in [0, 0.1) is 6.92 Å². The molecule has 1 aromatic rings. The Balaban J connectivity index is 2.24. The molecule has 0 aliphatic heterocycles. The molecule has 0 aliphatic rings. The first-order valence-corrected chi connectivity index (χ1v) is 7.66. The number of aliphatic hydroxyl groups excluding tert-OH is 1. The molecule has 0 fully saturated rings. The molecule has 106 valence electrons. The van der Waals surface area contributed by atoms with Crippen LogP contribution in [0.1, 0.15) is 24.8 Å². The summed E-state index contributed by atoms with van der Waals surface area (Å²) in [5, 5.41) is 8.69. The molecule has 0 aromatic heterocycles. The molecule has 0 saturated heterocycles. The monoisotopic (exact) mass is 281 g/mol. The molecule has 0 bridgehead atoms. The van der Waals surface area contributed by atoms with Gasteiger partial charge in [0.05, 0.1) is 5.75 Å². The Morgan fingerprint density at radius 3 is 2.53 bits per heavy atom. The minimum absolute atomic E-state index is 0.162. The number of amides is 1. The fraction of sp³-hybridized carbons (Fsp3) is 0.533. The van der Waals surface area contributed by atoms with Crippen molar-refractivity contribution in [2.75, 3.05) is 26.0 Å². The van der Waals surface area contributed by atoms with Gasteiger partial charge in [0.2, 0.25) is 5.91 Å². The van der Waals surface area contributed by atoms with Crippen molar-refractivity contribution in [2.45, 2.75) is 31.1 Å². The van der Waals surface area contributed by atoms with E-state index in [2.05, 4.69) is 31.2 Å². The largest absolute Gasteiger partial charge is 0.396 e. The van der Waals surface area contributed by atoms with Crippen molar-refractivity contribution in [3.8, 4) is 0 Å². The lowest BCUT2D eigenvalue weighted by atomic mass is 10.2. The lowest BCUT2D eigenvalue weighted by Gasteiger charge is -2.16. The Morgan fingerprint density at radius 2 is 1.89 bits per heavy atom. The number of aliphatic hydroxyl groups is 1. The van der Waals surface area contributed by atoms with Crippen LogP contribution in [0.4, 0.5) is 0 Å². The van der Waals surface area contributed by atoms with Crippen molar-refractivity contribution in [3.63, 3.8) is 0 Å². The average molecular weight is 281 g/mol. The first-order valence-electron chi connectivity index (χ1n) is 6.68. The van der Waals surface area contributed by atoms with Gasteiger partial charge in [-0.3, -0.25) is 4.79 Å². The number of unbranched alkanes of at least 4 members (excludes halogenated alkanes) is 2. The molecule has 0 radical (unpaired) electrons. The number of carbonyl (C=O) groups excluding carboxylic acids is 1. The van der Waals surface area contributed by atoms with Gasteiger partial charge in [-0.2, -0.15) is 0 Å². The zero-order valence-electron chi connectivity index (χ0n) is 11.8. The summed E-state index contributed by atoms with van der Waals surface area (Å²) in [5.41, 5.74) is 1.23. The van der Waals surface area contributed by atoms with E-state index in [4.69, 9.17) is 5.11 Å². The minimum Gasteiger partial charge on any atom is -0.396 e. The molecule has 1 rings (SSSR count). The maximum absolute atomic E-state index is 11.9. The van der Waals surface area contributed by atoms with Crippen molar-refractivity contribution in [3.05, 3.63) is 29.8 Å². The van der Waals surface area contributed by atoms with Crippen LogP contribution in [0.2, 0.25) is 0 Å². The van der Waals surface area contributed by atoms with E-state index in [1.807, 2.05) is 7.05 Å². The number of hydrogen-bond donors (Lipinski definition) is 1. The molecule has 0 heterocycles. The third-order valence-electron chi connectivity index (χ3n) is 2.96. The van der Waals surface area contributed by atoms with Gasteiger partial charge >= 0.3 is 0 Å². The van der Waals surface area contributed by atoms with Gasteiger partial charge in [-0.25, -0.2) is 0 Å². The van der Waals surface area contributed by atoms with E-state index in [-0.39, 0.29) is 12.5 Å². The van der Waals surface area contributed by atoms with Crippen molar-refractivity contribution < 1.29 is 9.90 Å². The summed E-state index contributed by atoms with van der Waals surface area (Å²) in [4.78, 5) is 14.8. The van der Waals surface area contributed by atoms with Gasteiger partial charge in [0.1, 0.15) is 0 Å². The van der Waals surface area contributed by atoms with E-state index in [0.717, 1.165) is 30.7 Å². The number of benzene rings is 1. The molecule has 0 spiro atoms. The molecule has 1 N–H and O–H groups in total. The second-order valence-electron chi connectivity index (χ2n) is 4.70. The minimum atomic E-state index is 0.162. The summed E-state index contributed by atoms with van der Waals surface area (Å²) < 4.78 is 0. The van der Waals surface area contributed by atoms with Crippen LogP contribution < -0.4 is 0 Å². The van der Waals surface area contributed by atoms with E-state index in [1.54, 1.807) is 16.7 Å². The smallest absolute Gasteiger partial charge is 0.232 e. The Bertz CT molecular complexity index is 378. The molecule has 19 heavy (non-hydrogen) atoms. The van der Waals surface area contributed by atoms with Crippen LogP contribution in [-0.2, 0) is 4.79 Å². The van der Waals surface area contributed by atoms with E-state index in [1.165, 1.54) is 5.56 Å². The number of thioether (sulfide) groups is 1. The van der Waals surface area contributed by atoms with E-state index >= 15 is 0 Å². The van der Waals surface area contributed by atoms with Gasteiger partial charge < -0.3 is 10.0 Å². The standard InChI is InChI=1S/C15H23NO2S/c1-13-6-8-14(9-7-13)19-12-15(18)16(2)10-4-3-5-11-17/h6-9,17H,3-5,10-12H2,1-2H3. The first-order chi connectivity index (χ1) is 9.13. The predicted molar refractivity (Wildman–Crippen MR) is 80.5 cm³/mol. The highest BCUT2D eigenvalue weighted by atomic mass is 32.2. The highest BCUT2D eigenvalue weighted by Gasteiger charge is 2.08. The zero-order chi connectivity index (χ0) is 14.1. The second kappa shape index (κ2) is 8.99. The molecule has 3 nitrogen and oxygen atoms in total. The molecule has 0 aliphatic carbocycles. The van der Waals surface area contributed by atoms with Gasteiger partial charge in [-0.05, 0) is 38.3 Å². The second-order valence-corrected chi connectivity index (χ2v) is 5.75. The SMILES string of the molecule is Cc1ccc(SCC(=O)N(C)CCCCCO)cc1. The Morgan fingerprint density at radius 1 is 1.21 bits per heavy atom. The maximum atomic E-state index is 11.9. The van der Waals surface area contributed by atoms with E-state index in [9.17, 15) is 4.79 Å². The van der Waals surface area contributed by atoms with Gasteiger partial charge in [0.15, 0.2) is 0 Å². The van der Waals surface area contributed by atoms with Crippen LogP contribution in [0.5, 0.6) is 0 Å². The van der Waals surface area contributed by atoms with Crippen LogP contribution in [0.25, 0.3) is 0 Å². The predicted octanol–water partition coefficient (Wildman–Crippen LogP) is 2.71. The van der Waals surface area contributed by atoms with Crippen molar-refractivity contribution in [1.29, 1.82) is 0 Å².